The van der Waals surface area contributed by atoms with Crippen LogP contribution in [0.1, 0.15) is 24.0 Å². The molecule has 0 aromatic heterocycles. The van der Waals surface area contributed by atoms with Gasteiger partial charge >= 0.3 is 0 Å². The highest BCUT2D eigenvalue weighted by Gasteiger charge is 2.25. The molecule has 2 N–H and O–H groups in total. The third-order valence-corrected chi connectivity index (χ3v) is 5.19. The molecule has 0 aliphatic carbocycles. The Labute approximate surface area is 127 Å². The number of aliphatic hydroxyl groups excluding tert-OH is 1. The van der Waals surface area contributed by atoms with Gasteiger partial charge in [-0.05, 0) is 36.4 Å². The summed E-state index contributed by atoms with van der Waals surface area (Å²) in [6.45, 7) is 2.93. The van der Waals surface area contributed by atoms with E-state index in [4.69, 9.17) is 5.11 Å². The fourth-order valence-corrected chi connectivity index (χ4v) is 3.62. The molecule has 6 heteroatoms. The van der Waals surface area contributed by atoms with Gasteiger partial charge in [-0.2, -0.15) is 0 Å². The molecule has 1 aromatic carbocycles. The third-order valence-electron chi connectivity index (χ3n) is 3.92. The van der Waals surface area contributed by atoms with E-state index in [9.17, 15) is 8.42 Å². The minimum absolute atomic E-state index is 0.0666. The number of aliphatic hydroxyl groups is 1. The largest absolute Gasteiger partial charge is 0.392 e. The van der Waals surface area contributed by atoms with Crippen molar-refractivity contribution < 1.29 is 13.5 Å². The molecule has 0 spiro atoms. The highest BCUT2D eigenvalue weighted by molar-refractivity contribution is 7.88. The molecule has 118 valence electrons. The molecule has 0 radical (unpaired) electrons. The second kappa shape index (κ2) is 7.35. The monoisotopic (exact) mass is 312 g/mol. The summed E-state index contributed by atoms with van der Waals surface area (Å²) in [5, 5.41) is 12.4. The van der Waals surface area contributed by atoms with E-state index in [0.717, 1.165) is 31.5 Å². The van der Waals surface area contributed by atoms with Crippen molar-refractivity contribution in [3.8, 4) is 0 Å². The summed E-state index contributed by atoms with van der Waals surface area (Å²) in [6, 6.07) is 7.84. The Balaban J connectivity index is 1.77. The summed E-state index contributed by atoms with van der Waals surface area (Å²) in [6.07, 6.45) is 3.29. The van der Waals surface area contributed by atoms with Gasteiger partial charge in [-0.3, -0.25) is 0 Å². The quantitative estimate of drug-likeness (QED) is 0.820. The number of nitrogens with one attached hydrogen (secondary N) is 1. The lowest BCUT2D eigenvalue weighted by Gasteiger charge is -2.31. The Morgan fingerprint density at radius 3 is 2.57 bits per heavy atom. The van der Waals surface area contributed by atoms with Crippen LogP contribution in [0.2, 0.25) is 0 Å². The van der Waals surface area contributed by atoms with Gasteiger partial charge in [0.25, 0.3) is 0 Å². The summed E-state index contributed by atoms with van der Waals surface area (Å²) in [5.74, 6) is 0.380. The van der Waals surface area contributed by atoms with Gasteiger partial charge in [-0.1, -0.05) is 24.3 Å². The first kappa shape index (κ1) is 16.4. The maximum atomic E-state index is 11.6. The van der Waals surface area contributed by atoms with E-state index < -0.39 is 10.0 Å². The van der Waals surface area contributed by atoms with Crippen LogP contribution in [0.15, 0.2) is 24.3 Å². The van der Waals surface area contributed by atoms with E-state index in [1.807, 2.05) is 24.3 Å². The molecule has 1 unspecified atom stereocenters. The summed E-state index contributed by atoms with van der Waals surface area (Å²) >= 11 is 0. The van der Waals surface area contributed by atoms with Crippen molar-refractivity contribution in [1.29, 1.82) is 0 Å². The zero-order valence-electron chi connectivity index (χ0n) is 12.5. The Bertz CT molecular complexity index is 543. The second-order valence-corrected chi connectivity index (χ2v) is 7.72. The van der Waals surface area contributed by atoms with Gasteiger partial charge in [-0.15, -0.1) is 0 Å². The van der Waals surface area contributed by atoms with Crippen LogP contribution in [0.3, 0.4) is 0 Å². The van der Waals surface area contributed by atoms with Crippen LogP contribution in [-0.4, -0.2) is 43.7 Å². The predicted molar refractivity (Wildman–Crippen MR) is 83.2 cm³/mol. The molecule has 1 aliphatic rings. The average Bonchev–Trinajstić information content (AvgIpc) is 2.47. The van der Waals surface area contributed by atoms with Gasteiger partial charge in [0, 0.05) is 19.6 Å². The molecule has 1 heterocycles. The van der Waals surface area contributed by atoms with Crippen molar-refractivity contribution >= 4 is 10.0 Å². The van der Waals surface area contributed by atoms with Crippen LogP contribution in [0.25, 0.3) is 0 Å². The van der Waals surface area contributed by atoms with Crippen molar-refractivity contribution in [2.45, 2.75) is 26.0 Å². The molecule has 1 fully saturated rings. The van der Waals surface area contributed by atoms with Crippen LogP contribution in [0, 0.1) is 5.92 Å². The van der Waals surface area contributed by atoms with Crippen LogP contribution in [0.5, 0.6) is 0 Å². The fraction of sp³-hybridized carbons (Fsp3) is 0.600. The van der Waals surface area contributed by atoms with Gasteiger partial charge in [-0.25, -0.2) is 12.7 Å². The number of rotatable bonds is 6. The summed E-state index contributed by atoms with van der Waals surface area (Å²) < 4.78 is 24.7. The van der Waals surface area contributed by atoms with Gasteiger partial charge in [0.05, 0.1) is 12.9 Å². The smallest absolute Gasteiger partial charge is 0.211 e. The molecule has 21 heavy (non-hydrogen) atoms. The number of nitrogens with zero attached hydrogens (tertiary/aromatic N) is 1. The first-order chi connectivity index (χ1) is 9.99. The Morgan fingerprint density at radius 2 is 1.95 bits per heavy atom. The van der Waals surface area contributed by atoms with E-state index in [2.05, 4.69) is 5.32 Å². The molecular weight excluding hydrogens is 288 g/mol. The molecule has 5 nitrogen and oxygen atoms in total. The second-order valence-electron chi connectivity index (χ2n) is 5.73. The van der Waals surface area contributed by atoms with Crippen molar-refractivity contribution in [2.24, 2.45) is 5.92 Å². The number of hydrogen-bond donors (Lipinski definition) is 2. The number of benzene rings is 1. The fourth-order valence-electron chi connectivity index (χ4n) is 2.68. The molecular formula is C15H24N2O3S. The first-order valence-corrected chi connectivity index (χ1v) is 9.18. The van der Waals surface area contributed by atoms with E-state index in [-0.39, 0.29) is 6.61 Å². The minimum atomic E-state index is -3.06. The van der Waals surface area contributed by atoms with Crippen molar-refractivity contribution in [1.82, 2.24) is 9.62 Å². The zero-order chi connectivity index (χ0) is 15.3. The van der Waals surface area contributed by atoms with Gasteiger partial charge < -0.3 is 10.4 Å². The van der Waals surface area contributed by atoms with E-state index in [1.54, 1.807) is 4.31 Å². The number of sulfonamides is 1. The average molecular weight is 312 g/mol. The predicted octanol–water partition coefficient (Wildman–Crippen LogP) is 0.940. The van der Waals surface area contributed by atoms with E-state index >= 15 is 0 Å². The molecule has 1 atom stereocenters. The zero-order valence-corrected chi connectivity index (χ0v) is 13.3. The maximum absolute atomic E-state index is 11.6. The standard InChI is InChI=1S/C15H24N2O3S/c1-21(19,20)17-8-2-3-15(11-17)10-16-9-13-4-6-14(12-18)7-5-13/h4-7,15-16,18H,2-3,8-12H2,1H3. The van der Waals surface area contributed by atoms with Gasteiger partial charge in [0.2, 0.25) is 10.0 Å². The van der Waals surface area contributed by atoms with Crippen LogP contribution < -0.4 is 5.32 Å². The molecule has 1 aromatic rings. The first-order valence-electron chi connectivity index (χ1n) is 7.33. The minimum Gasteiger partial charge on any atom is -0.392 e. The van der Waals surface area contributed by atoms with Crippen LogP contribution >= 0.6 is 0 Å². The molecule has 1 saturated heterocycles. The number of hydrogen-bond acceptors (Lipinski definition) is 4. The lowest BCUT2D eigenvalue weighted by atomic mass is 9.99. The summed E-state index contributed by atoms with van der Waals surface area (Å²) in [7, 11) is -3.06. The highest BCUT2D eigenvalue weighted by atomic mass is 32.2. The summed E-state index contributed by atoms with van der Waals surface area (Å²) in [4.78, 5) is 0. The lowest BCUT2D eigenvalue weighted by Crippen LogP contribution is -2.42. The molecule has 1 aliphatic heterocycles. The molecule has 0 amide bonds. The van der Waals surface area contributed by atoms with Crippen LogP contribution in [-0.2, 0) is 23.2 Å². The van der Waals surface area contributed by atoms with Gasteiger partial charge in [0.15, 0.2) is 0 Å². The maximum Gasteiger partial charge on any atom is 0.211 e. The Morgan fingerprint density at radius 1 is 1.29 bits per heavy atom. The van der Waals surface area contributed by atoms with Crippen molar-refractivity contribution in [3.05, 3.63) is 35.4 Å². The lowest BCUT2D eigenvalue weighted by molar-refractivity contribution is 0.261. The molecule has 2 rings (SSSR count). The van der Waals surface area contributed by atoms with E-state index in [1.165, 1.54) is 11.8 Å². The Hall–Kier alpha value is -0.950. The number of piperidine rings is 1. The topological polar surface area (TPSA) is 69.6 Å². The SMILES string of the molecule is CS(=O)(=O)N1CCCC(CNCc2ccc(CO)cc2)C1. The van der Waals surface area contributed by atoms with Gasteiger partial charge in [0.1, 0.15) is 0 Å². The summed E-state index contributed by atoms with van der Waals surface area (Å²) in [5.41, 5.74) is 2.08. The van der Waals surface area contributed by atoms with Crippen molar-refractivity contribution in [3.63, 3.8) is 0 Å². The van der Waals surface area contributed by atoms with E-state index in [0.29, 0.717) is 19.0 Å². The van der Waals surface area contributed by atoms with Crippen molar-refractivity contribution in [2.75, 3.05) is 25.9 Å². The Kier molecular flexibility index (Phi) is 5.75. The molecule has 0 bridgehead atoms. The third kappa shape index (κ3) is 5.07. The highest BCUT2D eigenvalue weighted by Crippen LogP contribution is 2.18. The van der Waals surface area contributed by atoms with Crippen LogP contribution in [0.4, 0.5) is 0 Å². The normalized spacial score (nSPS) is 20.6. The molecule has 0 saturated carbocycles.